The molecular formula is C17H24N4O3S. The van der Waals surface area contributed by atoms with Gasteiger partial charge in [0.1, 0.15) is 4.90 Å². The number of carbonyl (C=O) groups is 1. The maximum Gasteiger partial charge on any atom is 0.285 e. The van der Waals surface area contributed by atoms with E-state index in [-0.39, 0.29) is 29.4 Å². The molecule has 7 nitrogen and oxygen atoms in total. The van der Waals surface area contributed by atoms with Crippen molar-refractivity contribution in [3.8, 4) is 0 Å². The molecule has 2 aliphatic rings. The fraction of sp³-hybridized carbons (Fsp3) is 0.529. The highest BCUT2D eigenvalue weighted by Crippen LogP contribution is 2.27. The topological polar surface area (TPSA) is 96.1 Å². The van der Waals surface area contributed by atoms with Crippen LogP contribution in [0.1, 0.15) is 31.7 Å². The number of likely N-dealkylation sites (tertiary alicyclic amines) is 1. The number of sulfonamides is 1. The van der Waals surface area contributed by atoms with E-state index in [1.165, 1.54) is 6.07 Å². The Morgan fingerprint density at radius 2 is 2.12 bits per heavy atom. The molecule has 1 amide bonds. The van der Waals surface area contributed by atoms with Gasteiger partial charge in [-0.25, -0.2) is 0 Å². The third-order valence-corrected chi connectivity index (χ3v) is 6.15. The molecule has 0 bridgehead atoms. The number of rotatable bonds is 3. The molecule has 1 aromatic carbocycles. The summed E-state index contributed by atoms with van der Waals surface area (Å²) in [5.41, 5.74) is 6.58. The van der Waals surface area contributed by atoms with Crippen molar-refractivity contribution in [3.63, 3.8) is 0 Å². The standard InChI is InChI=1S/C17H24N4O3S/c1-12(18)14-8-5-6-10-21(14)16(22)11-20(2)17-13-7-3-4-9-15(13)25(23,24)19-17/h3-4,7,9,12,14H,5-6,8,10-11,18H2,1-2H3. The summed E-state index contributed by atoms with van der Waals surface area (Å²) in [6, 6.07) is 6.64. The minimum Gasteiger partial charge on any atom is -0.349 e. The average molecular weight is 364 g/mol. The van der Waals surface area contributed by atoms with Crippen molar-refractivity contribution in [1.29, 1.82) is 0 Å². The molecule has 1 fully saturated rings. The molecule has 25 heavy (non-hydrogen) atoms. The number of amides is 1. The quantitative estimate of drug-likeness (QED) is 0.856. The summed E-state index contributed by atoms with van der Waals surface area (Å²) in [5, 5.41) is 0. The van der Waals surface area contributed by atoms with Gasteiger partial charge in [0.15, 0.2) is 5.84 Å². The van der Waals surface area contributed by atoms with E-state index >= 15 is 0 Å². The summed E-state index contributed by atoms with van der Waals surface area (Å²) in [6.45, 7) is 2.69. The van der Waals surface area contributed by atoms with E-state index < -0.39 is 10.0 Å². The highest BCUT2D eigenvalue weighted by molar-refractivity contribution is 7.90. The van der Waals surface area contributed by atoms with Crippen LogP contribution in [-0.2, 0) is 14.8 Å². The van der Waals surface area contributed by atoms with Crippen LogP contribution in [0.5, 0.6) is 0 Å². The van der Waals surface area contributed by atoms with Crippen molar-refractivity contribution in [2.75, 3.05) is 20.1 Å². The first kappa shape index (κ1) is 17.9. The molecule has 0 aromatic heterocycles. The summed E-state index contributed by atoms with van der Waals surface area (Å²) in [6.07, 6.45) is 2.95. The first-order valence-electron chi connectivity index (χ1n) is 8.52. The fourth-order valence-electron chi connectivity index (χ4n) is 3.55. The predicted molar refractivity (Wildman–Crippen MR) is 95.8 cm³/mol. The monoisotopic (exact) mass is 364 g/mol. The molecule has 3 rings (SSSR count). The Hall–Kier alpha value is -1.93. The van der Waals surface area contributed by atoms with Gasteiger partial charge in [0.05, 0.1) is 6.54 Å². The van der Waals surface area contributed by atoms with Crippen LogP contribution >= 0.6 is 0 Å². The Morgan fingerprint density at radius 1 is 1.40 bits per heavy atom. The maximum absolute atomic E-state index is 12.8. The summed E-state index contributed by atoms with van der Waals surface area (Å²) < 4.78 is 28.2. The second-order valence-corrected chi connectivity index (χ2v) is 8.32. The second-order valence-electron chi connectivity index (χ2n) is 6.75. The second kappa shape index (κ2) is 6.76. The molecule has 2 unspecified atom stereocenters. The molecule has 2 heterocycles. The number of fused-ring (bicyclic) bond motifs is 1. The first-order valence-corrected chi connectivity index (χ1v) is 9.96. The molecular weight excluding hydrogens is 340 g/mol. The van der Waals surface area contributed by atoms with Crippen LogP contribution in [0, 0.1) is 0 Å². The van der Waals surface area contributed by atoms with Crippen LogP contribution < -0.4 is 5.73 Å². The van der Waals surface area contributed by atoms with Crippen LogP contribution in [0.25, 0.3) is 0 Å². The SMILES string of the molecule is CC(N)C1CCCCN1C(=O)CN(C)C1=NS(=O)(=O)c2ccccc21. The van der Waals surface area contributed by atoms with E-state index in [2.05, 4.69) is 4.40 Å². The lowest BCUT2D eigenvalue weighted by molar-refractivity contribution is -0.135. The molecule has 2 atom stereocenters. The zero-order chi connectivity index (χ0) is 18.2. The van der Waals surface area contributed by atoms with E-state index in [4.69, 9.17) is 5.73 Å². The number of hydrogen-bond donors (Lipinski definition) is 1. The van der Waals surface area contributed by atoms with Crippen LogP contribution in [0.2, 0.25) is 0 Å². The normalized spacial score (nSPS) is 22.9. The number of likely N-dealkylation sites (N-methyl/N-ethyl adjacent to an activating group) is 1. The molecule has 0 spiro atoms. The molecule has 2 aliphatic heterocycles. The number of nitrogens with zero attached hydrogens (tertiary/aromatic N) is 3. The average Bonchev–Trinajstić information content (AvgIpc) is 2.87. The highest BCUT2D eigenvalue weighted by Gasteiger charge is 2.33. The van der Waals surface area contributed by atoms with Crippen molar-refractivity contribution >= 4 is 21.8 Å². The van der Waals surface area contributed by atoms with Gasteiger partial charge < -0.3 is 15.5 Å². The third kappa shape index (κ3) is 3.41. The maximum atomic E-state index is 12.8. The van der Waals surface area contributed by atoms with E-state index in [1.807, 2.05) is 11.8 Å². The Balaban J connectivity index is 1.79. The lowest BCUT2D eigenvalue weighted by Crippen LogP contribution is -2.54. The number of nitrogens with two attached hydrogens (primary N) is 1. The number of benzene rings is 1. The van der Waals surface area contributed by atoms with Gasteiger partial charge in [0.2, 0.25) is 5.91 Å². The third-order valence-electron chi connectivity index (χ3n) is 4.82. The van der Waals surface area contributed by atoms with Crippen molar-refractivity contribution < 1.29 is 13.2 Å². The molecule has 0 aliphatic carbocycles. The van der Waals surface area contributed by atoms with Crippen molar-refractivity contribution in [1.82, 2.24) is 9.80 Å². The number of hydrogen-bond acceptors (Lipinski definition) is 5. The summed E-state index contributed by atoms with van der Waals surface area (Å²) in [4.78, 5) is 16.4. The summed E-state index contributed by atoms with van der Waals surface area (Å²) in [7, 11) is -1.99. The van der Waals surface area contributed by atoms with E-state index in [0.717, 1.165) is 19.3 Å². The van der Waals surface area contributed by atoms with Gasteiger partial charge in [0, 0.05) is 31.2 Å². The largest absolute Gasteiger partial charge is 0.349 e. The zero-order valence-corrected chi connectivity index (χ0v) is 15.4. The van der Waals surface area contributed by atoms with Crippen molar-refractivity contribution in [3.05, 3.63) is 29.8 Å². The molecule has 1 aromatic rings. The fourth-order valence-corrected chi connectivity index (χ4v) is 4.80. The Morgan fingerprint density at radius 3 is 2.84 bits per heavy atom. The smallest absolute Gasteiger partial charge is 0.285 e. The van der Waals surface area contributed by atoms with Gasteiger partial charge in [-0.3, -0.25) is 4.79 Å². The Labute approximate surface area is 148 Å². The van der Waals surface area contributed by atoms with E-state index in [0.29, 0.717) is 17.9 Å². The van der Waals surface area contributed by atoms with Gasteiger partial charge in [-0.1, -0.05) is 12.1 Å². The minimum atomic E-state index is -3.68. The predicted octanol–water partition coefficient (Wildman–Crippen LogP) is 0.796. The summed E-state index contributed by atoms with van der Waals surface area (Å²) in [5.74, 6) is 0.271. The zero-order valence-electron chi connectivity index (χ0n) is 14.6. The molecule has 0 radical (unpaired) electrons. The first-order chi connectivity index (χ1) is 11.8. The molecule has 2 N–H and O–H groups in total. The van der Waals surface area contributed by atoms with Crippen LogP contribution in [0.15, 0.2) is 33.6 Å². The van der Waals surface area contributed by atoms with Gasteiger partial charge in [-0.05, 0) is 38.3 Å². The minimum absolute atomic E-state index is 0.0381. The van der Waals surface area contributed by atoms with Gasteiger partial charge in [-0.15, -0.1) is 4.40 Å². The van der Waals surface area contributed by atoms with Gasteiger partial charge >= 0.3 is 0 Å². The van der Waals surface area contributed by atoms with Crippen molar-refractivity contribution in [2.24, 2.45) is 10.1 Å². The molecule has 1 saturated heterocycles. The molecule has 136 valence electrons. The van der Waals surface area contributed by atoms with Gasteiger partial charge in [0.25, 0.3) is 10.0 Å². The number of amidine groups is 1. The van der Waals surface area contributed by atoms with Crippen molar-refractivity contribution in [2.45, 2.75) is 43.2 Å². The number of carbonyl (C=O) groups excluding carboxylic acids is 1. The van der Waals surface area contributed by atoms with Crippen LogP contribution in [0.3, 0.4) is 0 Å². The summed E-state index contributed by atoms with van der Waals surface area (Å²) >= 11 is 0. The number of piperidine rings is 1. The van der Waals surface area contributed by atoms with E-state index in [9.17, 15) is 13.2 Å². The van der Waals surface area contributed by atoms with E-state index in [1.54, 1.807) is 30.1 Å². The highest BCUT2D eigenvalue weighted by atomic mass is 32.2. The Bertz CT molecular complexity index is 804. The Kier molecular flexibility index (Phi) is 4.83. The lowest BCUT2D eigenvalue weighted by atomic mass is 9.97. The van der Waals surface area contributed by atoms with Crippen LogP contribution in [0.4, 0.5) is 0 Å². The molecule has 8 heteroatoms. The lowest BCUT2D eigenvalue weighted by Gasteiger charge is -2.39. The van der Waals surface area contributed by atoms with Crippen LogP contribution in [-0.4, -0.2) is 62.2 Å². The van der Waals surface area contributed by atoms with Gasteiger partial charge in [-0.2, -0.15) is 8.42 Å². The molecule has 0 saturated carbocycles.